The van der Waals surface area contributed by atoms with Crippen LogP contribution in [-0.2, 0) is 11.2 Å². The number of nitrogens with two attached hydrogens (primary N) is 1. The number of carboxylic acid groups (broad SMARTS) is 1. The standard InChI is InChI=1S/C12H13NO2S.ClH/c13-9(7-12(14)15)6-10-5-8-3-1-2-4-11(8)16-10;/h1-5,9H,6-7,13H2,(H,14,15);1H/t9-;/m0./s1. The molecule has 1 heterocycles. The summed E-state index contributed by atoms with van der Waals surface area (Å²) in [6.07, 6.45) is 0.653. The first-order chi connectivity index (χ1) is 7.65. The van der Waals surface area contributed by atoms with Crippen molar-refractivity contribution in [3.05, 3.63) is 35.2 Å². The Hall–Kier alpha value is -1.10. The maximum absolute atomic E-state index is 10.5. The van der Waals surface area contributed by atoms with Gasteiger partial charge in [0.1, 0.15) is 0 Å². The van der Waals surface area contributed by atoms with E-state index in [-0.39, 0.29) is 24.9 Å². The minimum Gasteiger partial charge on any atom is -0.481 e. The number of hydrogen-bond donors (Lipinski definition) is 2. The zero-order valence-corrected chi connectivity index (χ0v) is 10.8. The van der Waals surface area contributed by atoms with E-state index in [2.05, 4.69) is 18.2 Å². The van der Waals surface area contributed by atoms with E-state index in [4.69, 9.17) is 10.8 Å². The zero-order valence-electron chi connectivity index (χ0n) is 9.13. The van der Waals surface area contributed by atoms with Gasteiger partial charge in [0, 0.05) is 15.6 Å². The third kappa shape index (κ3) is 3.70. The fourth-order valence-corrected chi connectivity index (χ4v) is 2.85. The third-order valence-corrected chi connectivity index (χ3v) is 3.52. The van der Waals surface area contributed by atoms with Crippen molar-refractivity contribution in [2.45, 2.75) is 18.9 Å². The van der Waals surface area contributed by atoms with Crippen molar-refractivity contribution in [1.29, 1.82) is 0 Å². The van der Waals surface area contributed by atoms with Gasteiger partial charge in [-0.1, -0.05) is 18.2 Å². The number of carboxylic acids is 1. The highest BCUT2D eigenvalue weighted by Gasteiger charge is 2.10. The van der Waals surface area contributed by atoms with E-state index in [0.29, 0.717) is 6.42 Å². The molecule has 5 heteroatoms. The molecular formula is C12H14ClNO2S. The summed E-state index contributed by atoms with van der Waals surface area (Å²) in [6.45, 7) is 0. The Morgan fingerprint density at radius 3 is 2.76 bits per heavy atom. The molecule has 0 aliphatic heterocycles. The lowest BCUT2D eigenvalue weighted by Gasteiger charge is -2.05. The Labute approximate surface area is 110 Å². The Bertz CT molecular complexity index is 479. The van der Waals surface area contributed by atoms with Crippen molar-refractivity contribution >= 4 is 39.8 Å². The minimum absolute atomic E-state index is 0. The molecule has 0 aliphatic rings. The Morgan fingerprint density at radius 1 is 1.41 bits per heavy atom. The van der Waals surface area contributed by atoms with Crippen molar-refractivity contribution in [2.75, 3.05) is 0 Å². The molecule has 3 N–H and O–H groups in total. The number of rotatable bonds is 4. The number of hydrogen-bond acceptors (Lipinski definition) is 3. The molecule has 92 valence electrons. The molecule has 0 unspecified atom stereocenters. The molecule has 3 nitrogen and oxygen atoms in total. The number of carbonyl (C=O) groups is 1. The van der Waals surface area contributed by atoms with Gasteiger partial charge in [0.15, 0.2) is 0 Å². The average Bonchev–Trinajstić information content (AvgIpc) is 2.57. The van der Waals surface area contributed by atoms with Gasteiger partial charge in [-0.2, -0.15) is 0 Å². The maximum atomic E-state index is 10.5. The van der Waals surface area contributed by atoms with Crippen molar-refractivity contribution < 1.29 is 9.90 Å². The number of fused-ring (bicyclic) bond motifs is 1. The summed E-state index contributed by atoms with van der Waals surface area (Å²) in [5, 5.41) is 9.82. The van der Waals surface area contributed by atoms with Crippen molar-refractivity contribution in [2.24, 2.45) is 5.73 Å². The third-order valence-electron chi connectivity index (χ3n) is 2.38. The quantitative estimate of drug-likeness (QED) is 0.899. The Balaban J connectivity index is 0.00000144. The van der Waals surface area contributed by atoms with Crippen LogP contribution in [0.2, 0.25) is 0 Å². The molecule has 0 fully saturated rings. The summed E-state index contributed by atoms with van der Waals surface area (Å²) in [4.78, 5) is 11.6. The average molecular weight is 272 g/mol. The smallest absolute Gasteiger partial charge is 0.304 e. The predicted octanol–water partition coefficient (Wildman–Crippen LogP) is 2.67. The summed E-state index contributed by atoms with van der Waals surface area (Å²) in [5.74, 6) is -0.839. The number of benzene rings is 1. The van der Waals surface area contributed by atoms with Gasteiger partial charge in [0.2, 0.25) is 0 Å². The lowest BCUT2D eigenvalue weighted by Crippen LogP contribution is -2.25. The second-order valence-corrected chi connectivity index (χ2v) is 4.98. The van der Waals surface area contributed by atoms with Crippen LogP contribution in [0, 0.1) is 0 Å². The highest BCUT2D eigenvalue weighted by molar-refractivity contribution is 7.19. The molecule has 0 saturated heterocycles. The van der Waals surface area contributed by atoms with E-state index in [0.717, 1.165) is 4.88 Å². The van der Waals surface area contributed by atoms with Crippen LogP contribution >= 0.6 is 23.7 Å². The molecule has 0 radical (unpaired) electrons. The predicted molar refractivity (Wildman–Crippen MR) is 73.0 cm³/mol. The normalized spacial score (nSPS) is 12.1. The highest BCUT2D eigenvalue weighted by atomic mass is 35.5. The largest absolute Gasteiger partial charge is 0.481 e. The molecule has 2 rings (SSSR count). The molecule has 0 aliphatic carbocycles. The first kappa shape index (κ1) is 14.0. The van der Waals surface area contributed by atoms with E-state index < -0.39 is 5.97 Å². The van der Waals surface area contributed by atoms with E-state index in [9.17, 15) is 4.79 Å². The SMILES string of the molecule is Cl.N[C@H](CC(=O)O)Cc1cc2ccccc2s1. The van der Waals surface area contributed by atoms with Crippen LogP contribution in [0.4, 0.5) is 0 Å². The van der Waals surface area contributed by atoms with E-state index in [1.807, 2.05) is 12.1 Å². The minimum atomic E-state index is -0.839. The monoisotopic (exact) mass is 271 g/mol. The molecule has 1 aromatic heterocycles. The first-order valence-corrected chi connectivity index (χ1v) is 5.91. The Morgan fingerprint density at radius 2 is 2.12 bits per heavy atom. The number of thiophene rings is 1. The van der Waals surface area contributed by atoms with Crippen molar-refractivity contribution in [1.82, 2.24) is 0 Å². The summed E-state index contributed by atoms with van der Waals surface area (Å²) in [6, 6.07) is 9.90. The topological polar surface area (TPSA) is 63.3 Å². The molecule has 0 saturated carbocycles. The van der Waals surface area contributed by atoms with E-state index in [1.54, 1.807) is 11.3 Å². The molecule has 1 atom stereocenters. The highest BCUT2D eigenvalue weighted by Crippen LogP contribution is 2.26. The van der Waals surface area contributed by atoms with Gasteiger partial charge in [-0.15, -0.1) is 23.7 Å². The van der Waals surface area contributed by atoms with Crippen LogP contribution in [-0.4, -0.2) is 17.1 Å². The first-order valence-electron chi connectivity index (χ1n) is 5.10. The zero-order chi connectivity index (χ0) is 11.5. The fraction of sp³-hybridized carbons (Fsp3) is 0.250. The molecule has 0 bridgehead atoms. The number of halogens is 1. The van der Waals surface area contributed by atoms with Gasteiger partial charge in [-0.05, 0) is 23.9 Å². The van der Waals surface area contributed by atoms with E-state index in [1.165, 1.54) is 10.1 Å². The molecule has 0 amide bonds. The molecule has 2 aromatic rings. The van der Waals surface area contributed by atoms with Crippen LogP contribution in [0.3, 0.4) is 0 Å². The molecular weight excluding hydrogens is 258 g/mol. The summed E-state index contributed by atoms with van der Waals surface area (Å²) >= 11 is 1.68. The van der Waals surface area contributed by atoms with Crippen LogP contribution in [0.15, 0.2) is 30.3 Å². The second-order valence-electron chi connectivity index (χ2n) is 3.81. The fourth-order valence-electron chi connectivity index (χ4n) is 1.69. The van der Waals surface area contributed by atoms with Crippen LogP contribution < -0.4 is 5.73 Å². The Kier molecular flexibility index (Phi) is 4.93. The molecule has 17 heavy (non-hydrogen) atoms. The van der Waals surface area contributed by atoms with Crippen LogP contribution in [0.5, 0.6) is 0 Å². The van der Waals surface area contributed by atoms with Gasteiger partial charge in [-0.25, -0.2) is 0 Å². The van der Waals surface area contributed by atoms with Crippen molar-refractivity contribution in [3.63, 3.8) is 0 Å². The molecule has 0 spiro atoms. The second kappa shape index (κ2) is 6.00. The van der Waals surface area contributed by atoms with Crippen LogP contribution in [0.25, 0.3) is 10.1 Å². The summed E-state index contributed by atoms with van der Waals surface area (Å²) < 4.78 is 1.22. The lowest BCUT2D eigenvalue weighted by atomic mass is 10.1. The lowest BCUT2D eigenvalue weighted by molar-refractivity contribution is -0.137. The van der Waals surface area contributed by atoms with Gasteiger partial charge in [0.05, 0.1) is 6.42 Å². The van der Waals surface area contributed by atoms with Gasteiger partial charge in [-0.3, -0.25) is 4.79 Å². The number of aliphatic carboxylic acids is 1. The van der Waals surface area contributed by atoms with Gasteiger partial charge in [0.25, 0.3) is 0 Å². The molecule has 1 aromatic carbocycles. The summed E-state index contributed by atoms with van der Waals surface area (Å²) in [5.41, 5.74) is 5.75. The van der Waals surface area contributed by atoms with Crippen LogP contribution in [0.1, 0.15) is 11.3 Å². The van der Waals surface area contributed by atoms with Crippen molar-refractivity contribution in [3.8, 4) is 0 Å². The van der Waals surface area contributed by atoms with E-state index >= 15 is 0 Å². The van der Waals surface area contributed by atoms with Gasteiger partial charge >= 0.3 is 5.97 Å². The van der Waals surface area contributed by atoms with Gasteiger partial charge < -0.3 is 10.8 Å². The maximum Gasteiger partial charge on any atom is 0.304 e. The summed E-state index contributed by atoms with van der Waals surface area (Å²) in [7, 11) is 0.